The number of aliphatic carboxylic acids is 1. The Balaban J connectivity index is 1.93. The Morgan fingerprint density at radius 3 is 2.27 bits per heavy atom. The van der Waals surface area contributed by atoms with Crippen molar-refractivity contribution < 1.29 is 19.8 Å². The lowest BCUT2D eigenvalue weighted by atomic mass is 9.69. The number of benzene rings is 1. The van der Waals surface area contributed by atoms with E-state index in [0.29, 0.717) is 18.8 Å². The summed E-state index contributed by atoms with van der Waals surface area (Å²) in [6, 6.07) is 8.18. The molecule has 1 fully saturated rings. The minimum atomic E-state index is -1.17. The molecule has 6 heteroatoms. The Kier molecular flexibility index (Phi) is 5.45. The summed E-state index contributed by atoms with van der Waals surface area (Å²) < 4.78 is 1.05. The molecule has 1 aromatic rings. The predicted octanol–water partition coefficient (Wildman–Crippen LogP) is 3.52. The molecular formula is C16H20BrNO4. The molecule has 0 aromatic heterocycles. The Bertz CT molecular complexity index is 536. The van der Waals surface area contributed by atoms with Crippen LogP contribution in [0.1, 0.15) is 31.2 Å². The zero-order chi connectivity index (χ0) is 16.2. The van der Waals surface area contributed by atoms with Crippen LogP contribution in [0.3, 0.4) is 0 Å². The van der Waals surface area contributed by atoms with E-state index in [1.54, 1.807) is 0 Å². The molecule has 0 radical (unpaired) electrons. The lowest BCUT2D eigenvalue weighted by Gasteiger charge is -2.36. The third-order valence-electron chi connectivity index (χ3n) is 4.53. The van der Waals surface area contributed by atoms with E-state index in [9.17, 15) is 14.7 Å². The number of hydrogen-bond donors (Lipinski definition) is 3. The van der Waals surface area contributed by atoms with Gasteiger partial charge in [0.15, 0.2) is 0 Å². The molecule has 1 aliphatic rings. The number of halogens is 1. The lowest BCUT2D eigenvalue weighted by Crippen LogP contribution is -2.45. The van der Waals surface area contributed by atoms with Gasteiger partial charge in [0.1, 0.15) is 0 Å². The summed E-state index contributed by atoms with van der Waals surface area (Å²) >= 11 is 3.41. The van der Waals surface area contributed by atoms with Crippen LogP contribution in [0.5, 0.6) is 0 Å². The summed E-state index contributed by atoms with van der Waals surface area (Å²) in [5.74, 6) is -0.443. The molecule has 1 saturated carbocycles. The van der Waals surface area contributed by atoms with Crippen molar-refractivity contribution in [3.05, 3.63) is 34.3 Å². The quantitative estimate of drug-likeness (QED) is 0.740. The fourth-order valence-electron chi connectivity index (χ4n) is 3.10. The molecule has 5 nitrogen and oxygen atoms in total. The lowest BCUT2D eigenvalue weighted by molar-refractivity contribution is -0.151. The second-order valence-corrected chi connectivity index (χ2v) is 6.93. The maximum absolute atomic E-state index is 11.6. The summed E-state index contributed by atoms with van der Waals surface area (Å²) in [5, 5.41) is 20.4. The molecule has 1 aliphatic carbocycles. The largest absolute Gasteiger partial charge is 0.481 e. The predicted molar refractivity (Wildman–Crippen MR) is 85.9 cm³/mol. The third-order valence-corrected chi connectivity index (χ3v) is 5.06. The van der Waals surface area contributed by atoms with E-state index < -0.39 is 17.5 Å². The minimum absolute atomic E-state index is 0.0112. The van der Waals surface area contributed by atoms with Crippen LogP contribution in [0.4, 0.5) is 4.79 Å². The van der Waals surface area contributed by atoms with Crippen molar-refractivity contribution in [1.82, 2.24) is 5.32 Å². The van der Waals surface area contributed by atoms with Crippen LogP contribution in [-0.4, -0.2) is 28.8 Å². The number of carbonyl (C=O) groups is 2. The minimum Gasteiger partial charge on any atom is -0.481 e. The highest BCUT2D eigenvalue weighted by Gasteiger charge is 2.42. The van der Waals surface area contributed by atoms with Crippen LogP contribution in [0, 0.1) is 11.3 Å². The average Bonchev–Trinajstić information content (AvgIpc) is 2.49. The van der Waals surface area contributed by atoms with E-state index in [1.807, 2.05) is 12.1 Å². The van der Waals surface area contributed by atoms with E-state index in [4.69, 9.17) is 5.11 Å². The van der Waals surface area contributed by atoms with Crippen molar-refractivity contribution in [1.29, 1.82) is 0 Å². The van der Waals surface area contributed by atoms with Crippen LogP contribution in [0.2, 0.25) is 0 Å². The molecule has 0 spiro atoms. The van der Waals surface area contributed by atoms with Crippen molar-refractivity contribution in [3.8, 4) is 0 Å². The Hall–Kier alpha value is -1.56. The van der Waals surface area contributed by atoms with Gasteiger partial charge in [0.05, 0.1) is 5.41 Å². The second kappa shape index (κ2) is 7.13. The molecule has 0 saturated heterocycles. The summed E-state index contributed by atoms with van der Waals surface area (Å²) in [6.07, 6.45) is 2.42. The van der Waals surface area contributed by atoms with E-state index >= 15 is 0 Å². The van der Waals surface area contributed by atoms with Crippen LogP contribution >= 0.6 is 15.9 Å². The molecule has 3 N–H and O–H groups in total. The fourth-order valence-corrected chi connectivity index (χ4v) is 3.36. The van der Waals surface area contributed by atoms with Crippen molar-refractivity contribution in [2.45, 2.75) is 32.1 Å². The van der Waals surface area contributed by atoms with Crippen LogP contribution in [0.25, 0.3) is 0 Å². The summed E-state index contributed by atoms with van der Waals surface area (Å²) in [6.45, 7) is -0.0112. The molecule has 0 bridgehead atoms. The van der Waals surface area contributed by atoms with E-state index in [1.165, 1.54) is 5.56 Å². The summed E-state index contributed by atoms with van der Waals surface area (Å²) in [4.78, 5) is 22.2. The first-order valence-electron chi connectivity index (χ1n) is 7.36. The van der Waals surface area contributed by atoms with Gasteiger partial charge in [0.25, 0.3) is 0 Å². The third kappa shape index (κ3) is 4.22. The maximum Gasteiger partial charge on any atom is 0.404 e. The highest BCUT2D eigenvalue weighted by Crippen LogP contribution is 2.40. The number of amides is 1. The Labute approximate surface area is 137 Å². The van der Waals surface area contributed by atoms with E-state index in [0.717, 1.165) is 23.7 Å². The molecule has 1 amide bonds. The van der Waals surface area contributed by atoms with Gasteiger partial charge in [-0.25, -0.2) is 4.79 Å². The first-order valence-corrected chi connectivity index (χ1v) is 8.15. The smallest absolute Gasteiger partial charge is 0.404 e. The van der Waals surface area contributed by atoms with Gasteiger partial charge in [-0.2, -0.15) is 0 Å². The zero-order valence-corrected chi connectivity index (χ0v) is 13.8. The fraction of sp³-hybridized carbons (Fsp3) is 0.500. The SMILES string of the molecule is O=C(O)NCC1(C(=O)O)CCC(Cc2ccc(Br)cc2)CC1. The topological polar surface area (TPSA) is 86.6 Å². The second-order valence-electron chi connectivity index (χ2n) is 6.02. The summed E-state index contributed by atoms with van der Waals surface area (Å²) in [5.41, 5.74) is 0.300. The number of rotatable bonds is 5. The molecular weight excluding hydrogens is 350 g/mol. The number of nitrogens with one attached hydrogen (secondary N) is 1. The van der Waals surface area contributed by atoms with Crippen LogP contribution in [-0.2, 0) is 11.2 Å². The van der Waals surface area contributed by atoms with Crippen molar-refractivity contribution in [2.75, 3.05) is 6.54 Å². The van der Waals surface area contributed by atoms with Gasteiger partial charge in [-0.15, -0.1) is 0 Å². The summed E-state index contributed by atoms with van der Waals surface area (Å²) in [7, 11) is 0. The molecule has 1 aromatic carbocycles. The van der Waals surface area contributed by atoms with Crippen LogP contribution < -0.4 is 5.32 Å². The highest BCUT2D eigenvalue weighted by atomic mass is 79.9. The van der Waals surface area contributed by atoms with Gasteiger partial charge >= 0.3 is 12.1 Å². The zero-order valence-electron chi connectivity index (χ0n) is 12.2. The van der Waals surface area contributed by atoms with Crippen molar-refractivity contribution in [3.63, 3.8) is 0 Å². The monoisotopic (exact) mass is 369 g/mol. The van der Waals surface area contributed by atoms with E-state index in [2.05, 4.69) is 33.4 Å². The normalized spacial score (nSPS) is 24.7. The highest BCUT2D eigenvalue weighted by molar-refractivity contribution is 9.10. The molecule has 120 valence electrons. The number of hydrogen-bond acceptors (Lipinski definition) is 2. The van der Waals surface area contributed by atoms with Crippen molar-refractivity contribution >= 4 is 28.0 Å². The van der Waals surface area contributed by atoms with Crippen molar-refractivity contribution in [2.24, 2.45) is 11.3 Å². The molecule has 0 unspecified atom stereocenters. The number of carboxylic acid groups (broad SMARTS) is 2. The van der Waals surface area contributed by atoms with Gasteiger partial charge in [-0.3, -0.25) is 4.79 Å². The average molecular weight is 370 g/mol. The number of carboxylic acids is 1. The molecule has 2 rings (SSSR count). The first-order chi connectivity index (χ1) is 10.4. The molecule has 0 aliphatic heterocycles. The Morgan fingerprint density at radius 2 is 1.77 bits per heavy atom. The van der Waals surface area contributed by atoms with Gasteiger partial charge in [-0.1, -0.05) is 28.1 Å². The van der Waals surface area contributed by atoms with Gasteiger partial charge in [0, 0.05) is 11.0 Å². The molecule has 0 heterocycles. The van der Waals surface area contributed by atoms with Gasteiger partial charge in [0.2, 0.25) is 0 Å². The van der Waals surface area contributed by atoms with Gasteiger partial charge in [-0.05, 0) is 55.7 Å². The standard InChI is InChI=1S/C16H20BrNO4/c17-13-3-1-11(2-4-13)9-12-5-7-16(8-6-12,14(19)20)10-18-15(21)22/h1-4,12,18H,5-10H2,(H,19,20)(H,21,22). The van der Waals surface area contributed by atoms with Gasteiger partial charge < -0.3 is 15.5 Å². The first kappa shape index (κ1) is 16.8. The maximum atomic E-state index is 11.6. The van der Waals surface area contributed by atoms with E-state index in [-0.39, 0.29) is 6.54 Å². The Morgan fingerprint density at radius 1 is 1.18 bits per heavy atom. The molecule has 0 atom stereocenters. The molecule has 22 heavy (non-hydrogen) atoms. The van der Waals surface area contributed by atoms with Crippen LogP contribution in [0.15, 0.2) is 28.7 Å².